The van der Waals surface area contributed by atoms with Gasteiger partial charge in [0, 0.05) is 25.2 Å². The molecule has 0 spiro atoms. The maximum absolute atomic E-state index is 11.7. The Balaban J connectivity index is 0.00000108. The third kappa shape index (κ3) is 2.92. The number of nitrogens with zero attached hydrogens (tertiary/aromatic N) is 1. The van der Waals surface area contributed by atoms with Gasteiger partial charge in [-0.2, -0.15) is 0 Å². The summed E-state index contributed by atoms with van der Waals surface area (Å²) in [5.74, 6) is 1.61. The third-order valence-electron chi connectivity index (χ3n) is 4.30. The number of nitrogens with two attached hydrogens (primary N) is 1. The van der Waals surface area contributed by atoms with Crippen molar-refractivity contribution in [1.82, 2.24) is 10.2 Å². The lowest BCUT2D eigenvalue weighted by Gasteiger charge is -2.17. The molecule has 1 saturated heterocycles. The van der Waals surface area contributed by atoms with Gasteiger partial charge in [-0.3, -0.25) is 9.69 Å². The first-order valence-electron chi connectivity index (χ1n) is 6.49. The molecule has 3 fully saturated rings. The molecule has 0 radical (unpaired) electrons. The fraction of sp³-hybridized carbons (Fsp3) is 0.917. The molecule has 17 heavy (non-hydrogen) atoms. The molecule has 1 amide bonds. The van der Waals surface area contributed by atoms with Crippen LogP contribution in [0.1, 0.15) is 25.7 Å². The number of nitrogens with one attached hydrogen (secondary N) is 1. The van der Waals surface area contributed by atoms with Crippen molar-refractivity contribution in [2.45, 2.75) is 37.8 Å². The van der Waals surface area contributed by atoms with Gasteiger partial charge in [-0.1, -0.05) is 0 Å². The Morgan fingerprint density at radius 1 is 1.24 bits per heavy atom. The summed E-state index contributed by atoms with van der Waals surface area (Å²) in [5, 5.41) is 3.05. The molecule has 0 bridgehead atoms. The van der Waals surface area contributed by atoms with Gasteiger partial charge in [0.05, 0.1) is 6.54 Å². The number of likely N-dealkylation sites (tertiary alicyclic amines) is 1. The summed E-state index contributed by atoms with van der Waals surface area (Å²) in [6.07, 6.45) is 4.77. The summed E-state index contributed by atoms with van der Waals surface area (Å²) >= 11 is 0. The standard InChI is InChI=1S/C12H21N3O.ClH/c13-11-4-1-8-5-15(6-10(8)11)7-12(16)14-9-2-3-9;/h8-11H,1-7,13H2,(H,14,16);1H. The van der Waals surface area contributed by atoms with Gasteiger partial charge in [-0.05, 0) is 37.5 Å². The summed E-state index contributed by atoms with van der Waals surface area (Å²) in [5.41, 5.74) is 6.08. The van der Waals surface area contributed by atoms with Crippen LogP contribution in [0.2, 0.25) is 0 Å². The predicted octanol–water partition coefficient (Wildman–Crippen LogP) is 0.356. The molecule has 5 heteroatoms. The van der Waals surface area contributed by atoms with Crippen molar-refractivity contribution < 1.29 is 4.79 Å². The van der Waals surface area contributed by atoms with Crippen LogP contribution in [-0.4, -0.2) is 42.5 Å². The summed E-state index contributed by atoms with van der Waals surface area (Å²) in [7, 11) is 0. The number of carbonyl (C=O) groups excluding carboxylic acids is 1. The van der Waals surface area contributed by atoms with Gasteiger partial charge < -0.3 is 11.1 Å². The van der Waals surface area contributed by atoms with E-state index in [-0.39, 0.29) is 18.3 Å². The average Bonchev–Trinajstić information content (AvgIpc) is 2.84. The molecule has 0 aromatic carbocycles. The molecular formula is C12H22ClN3O. The van der Waals surface area contributed by atoms with E-state index in [1.807, 2.05) is 0 Å². The Hall–Kier alpha value is -0.320. The fourth-order valence-electron chi connectivity index (χ4n) is 3.23. The number of halogens is 1. The van der Waals surface area contributed by atoms with E-state index < -0.39 is 0 Å². The van der Waals surface area contributed by atoms with Crippen molar-refractivity contribution in [2.75, 3.05) is 19.6 Å². The lowest BCUT2D eigenvalue weighted by Crippen LogP contribution is -2.38. The minimum atomic E-state index is 0. The zero-order chi connectivity index (χ0) is 11.1. The number of hydrogen-bond donors (Lipinski definition) is 2. The summed E-state index contributed by atoms with van der Waals surface area (Å²) < 4.78 is 0. The lowest BCUT2D eigenvalue weighted by molar-refractivity contribution is -0.122. The van der Waals surface area contributed by atoms with E-state index in [1.165, 1.54) is 25.7 Å². The third-order valence-corrected chi connectivity index (χ3v) is 4.30. The lowest BCUT2D eigenvalue weighted by atomic mass is 9.98. The highest BCUT2D eigenvalue weighted by atomic mass is 35.5. The smallest absolute Gasteiger partial charge is 0.234 e. The Morgan fingerprint density at radius 2 is 2.00 bits per heavy atom. The molecule has 3 unspecified atom stereocenters. The zero-order valence-electron chi connectivity index (χ0n) is 10.1. The molecule has 4 nitrogen and oxygen atoms in total. The molecule has 1 heterocycles. The van der Waals surface area contributed by atoms with Crippen molar-refractivity contribution >= 4 is 18.3 Å². The highest BCUT2D eigenvalue weighted by Gasteiger charge is 2.41. The van der Waals surface area contributed by atoms with E-state index in [2.05, 4.69) is 10.2 Å². The molecule has 0 aromatic rings. The van der Waals surface area contributed by atoms with E-state index >= 15 is 0 Å². The molecule has 1 aliphatic heterocycles. The number of rotatable bonds is 3. The molecule has 0 aromatic heterocycles. The zero-order valence-corrected chi connectivity index (χ0v) is 10.9. The highest BCUT2D eigenvalue weighted by Crippen LogP contribution is 2.36. The monoisotopic (exact) mass is 259 g/mol. The van der Waals surface area contributed by atoms with Crippen LogP contribution in [0.15, 0.2) is 0 Å². The van der Waals surface area contributed by atoms with Crippen LogP contribution in [0.25, 0.3) is 0 Å². The molecule has 2 saturated carbocycles. The Kier molecular flexibility index (Phi) is 3.95. The average molecular weight is 260 g/mol. The normalized spacial score (nSPS) is 36.4. The number of carbonyl (C=O) groups is 1. The summed E-state index contributed by atoms with van der Waals surface area (Å²) in [6, 6.07) is 0.860. The maximum atomic E-state index is 11.7. The Morgan fingerprint density at radius 3 is 2.65 bits per heavy atom. The fourth-order valence-corrected chi connectivity index (χ4v) is 3.23. The minimum absolute atomic E-state index is 0. The van der Waals surface area contributed by atoms with Crippen molar-refractivity contribution in [3.63, 3.8) is 0 Å². The first-order chi connectivity index (χ1) is 7.72. The molecule has 3 atom stereocenters. The molecule has 3 rings (SSSR count). The summed E-state index contributed by atoms with van der Waals surface area (Å²) in [4.78, 5) is 14.0. The van der Waals surface area contributed by atoms with Gasteiger partial charge in [-0.25, -0.2) is 0 Å². The summed E-state index contributed by atoms with van der Waals surface area (Å²) in [6.45, 7) is 2.69. The van der Waals surface area contributed by atoms with Crippen LogP contribution in [0.4, 0.5) is 0 Å². The second kappa shape index (κ2) is 5.12. The minimum Gasteiger partial charge on any atom is -0.352 e. The predicted molar refractivity (Wildman–Crippen MR) is 69.0 cm³/mol. The van der Waals surface area contributed by atoms with E-state index in [0.29, 0.717) is 24.5 Å². The van der Waals surface area contributed by atoms with Gasteiger partial charge in [0.2, 0.25) is 5.91 Å². The first kappa shape index (κ1) is 13.1. The van der Waals surface area contributed by atoms with Crippen LogP contribution in [0, 0.1) is 11.8 Å². The highest BCUT2D eigenvalue weighted by molar-refractivity contribution is 5.85. The second-order valence-electron chi connectivity index (χ2n) is 5.70. The second-order valence-corrected chi connectivity index (χ2v) is 5.70. The van der Waals surface area contributed by atoms with Crippen LogP contribution in [0.5, 0.6) is 0 Å². The maximum Gasteiger partial charge on any atom is 0.234 e. The van der Waals surface area contributed by atoms with E-state index in [9.17, 15) is 4.79 Å². The van der Waals surface area contributed by atoms with E-state index in [4.69, 9.17) is 5.73 Å². The van der Waals surface area contributed by atoms with Gasteiger partial charge in [0.15, 0.2) is 0 Å². The molecule has 2 aliphatic carbocycles. The Labute approximate surface area is 109 Å². The van der Waals surface area contributed by atoms with Crippen LogP contribution >= 0.6 is 12.4 Å². The van der Waals surface area contributed by atoms with Crippen molar-refractivity contribution in [3.05, 3.63) is 0 Å². The molecule has 3 aliphatic rings. The SMILES string of the molecule is Cl.NC1CCC2CN(CC(=O)NC3CC3)CC12. The number of amides is 1. The number of hydrogen-bond acceptors (Lipinski definition) is 3. The topological polar surface area (TPSA) is 58.4 Å². The van der Waals surface area contributed by atoms with Crippen LogP contribution in [-0.2, 0) is 4.79 Å². The van der Waals surface area contributed by atoms with E-state index in [0.717, 1.165) is 19.0 Å². The molecule has 3 N–H and O–H groups in total. The van der Waals surface area contributed by atoms with Crippen LogP contribution in [0.3, 0.4) is 0 Å². The van der Waals surface area contributed by atoms with Gasteiger partial charge in [-0.15, -0.1) is 12.4 Å². The van der Waals surface area contributed by atoms with Gasteiger partial charge >= 0.3 is 0 Å². The van der Waals surface area contributed by atoms with Crippen molar-refractivity contribution in [1.29, 1.82) is 0 Å². The first-order valence-corrected chi connectivity index (χ1v) is 6.49. The van der Waals surface area contributed by atoms with E-state index in [1.54, 1.807) is 0 Å². The Bertz CT molecular complexity index is 295. The van der Waals surface area contributed by atoms with Crippen LogP contribution < -0.4 is 11.1 Å². The van der Waals surface area contributed by atoms with Gasteiger partial charge in [0.25, 0.3) is 0 Å². The van der Waals surface area contributed by atoms with Gasteiger partial charge in [0.1, 0.15) is 0 Å². The molecule has 98 valence electrons. The van der Waals surface area contributed by atoms with Crippen molar-refractivity contribution in [2.24, 2.45) is 17.6 Å². The van der Waals surface area contributed by atoms with Crippen molar-refractivity contribution in [3.8, 4) is 0 Å². The number of fused-ring (bicyclic) bond motifs is 1. The quantitative estimate of drug-likeness (QED) is 0.769. The largest absolute Gasteiger partial charge is 0.352 e. The molecular weight excluding hydrogens is 238 g/mol.